The van der Waals surface area contributed by atoms with Crippen LogP contribution < -0.4 is 0 Å². The molecule has 0 aliphatic rings. The number of carboxylic acid groups (broad SMARTS) is 2. The molecule has 47 heavy (non-hydrogen) atoms. The molecule has 0 aromatic heterocycles. The first-order chi connectivity index (χ1) is 23.1. The standard InChI is InChI=1S/C43H82O4/c44-42(45)40-38-36-34-32-30-28-26-24-22-20-18-16-14-12-10-8-6-4-2-1-3-5-7-9-11-13-15-17-19-21-23-25-27-29-31-33-35-37-39-41-43(46)47/h38,40H,1-37,39,41H2,(H,44,45)(H,46,47). The van der Waals surface area contributed by atoms with Crippen LogP contribution in [-0.2, 0) is 9.59 Å². The number of carboxylic acids is 2. The Labute approximate surface area is 293 Å². The van der Waals surface area contributed by atoms with Gasteiger partial charge in [0.2, 0.25) is 0 Å². The molecular formula is C43H82O4. The molecule has 0 saturated carbocycles. The maximum Gasteiger partial charge on any atom is 0.327 e. The summed E-state index contributed by atoms with van der Waals surface area (Å²) in [5, 5.41) is 17.2. The zero-order valence-corrected chi connectivity index (χ0v) is 31.4. The number of carbonyl (C=O) groups is 2. The Balaban J connectivity index is 3.06. The van der Waals surface area contributed by atoms with E-state index in [-0.39, 0.29) is 0 Å². The lowest BCUT2D eigenvalue weighted by Gasteiger charge is -2.05. The number of hydrogen-bond donors (Lipinski definition) is 2. The highest BCUT2D eigenvalue weighted by Gasteiger charge is 1.99. The van der Waals surface area contributed by atoms with Gasteiger partial charge in [0.25, 0.3) is 0 Å². The average molecular weight is 663 g/mol. The predicted octanol–water partition coefficient (Wildman–Crippen LogP) is 14.9. The summed E-state index contributed by atoms with van der Waals surface area (Å²) in [6.07, 6.45) is 55.2. The van der Waals surface area contributed by atoms with Crippen molar-refractivity contribution in [1.29, 1.82) is 0 Å². The molecule has 0 aromatic rings. The predicted molar refractivity (Wildman–Crippen MR) is 204 cm³/mol. The van der Waals surface area contributed by atoms with Gasteiger partial charge in [0.05, 0.1) is 0 Å². The Kier molecular flexibility index (Phi) is 39.7. The van der Waals surface area contributed by atoms with Crippen molar-refractivity contribution in [2.24, 2.45) is 0 Å². The lowest BCUT2D eigenvalue weighted by atomic mass is 10.0. The van der Waals surface area contributed by atoms with Gasteiger partial charge in [-0.3, -0.25) is 4.79 Å². The zero-order valence-electron chi connectivity index (χ0n) is 31.4. The highest BCUT2D eigenvalue weighted by Crippen LogP contribution is 2.17. The third-order valence-corrected chi connectivity index (χ3v) is 10.0. The smallest absolute Gasteiger partial charge is 0.327 e. The number of hydrogen-bond acceptors (Lipinski definition) is 2. The SMILES string of the molecule is O=C(O)C=CCCCCCCCCCCCCCCCCCCCCCCCCCCCCCCCCCCCCCCCC(=O)O. The minimum atomic E-state index is -0.832. The Bertz CT molecular complexity index is 658. The van der Waals surface area contributed by atoms with E-state index in [1.165, 1.54) is 224 Å². The van der Waals surface area contributed by atoms with Crippen molar-refractivity contribution in [3.05, 3.63) is 12.2 Å². The van der Waals surface area contributed by atoms with Crippen molar-refractivity contribution in [1.82, 2.24) is 0 Å². The van der Waals surface area contributed by atoms with Crippen molar-refractivity contribution in [2.45, 2.75) is 250 Å². The van der Waals surface area contributed by atoms with E-state index in [1.54, 1.807) is 6.08 Å². The lowest BCUT2D eigenvalue weighted by molar-refractivity contribution is -0.137. The topological polar surface area (TPSA) is 74.6 Å². The highest BCUT2D eigenvalue weighted by molar-refractivity contribution is 5.79. The van der Waals surface area contributed by atoms with Gasteiger partial charge in [0.15, 0.2) is 0 Å². The van der Waals surface area contributed by atoms with Crippen molar-refractivity contribution >= 4 is 11.9 Å². The summed E-state index contributed by atoms with van der Waals surface area (Å²) in [5.41, 5.74) is 0. The Morgan fingerprint density at radius 3 is 0.681 bits per heavy atom. The van der Waals surface area contributed by atoms with E-state index in [2.05, 4.69) is 0 Å². The van der Waals surface area contributed by atoms with Gasteiger partial charge in [-0.15, -0.1) is 0 Å². The van der Waals surface area contributed by atoms with Crippen LogP contribution in [0.3, 0.4) is 0 Å². The van der Waals surface area contributed by atoms with Gasteiger partial charge in [-0.25, -0.2) is 4.79 Å². The van der Waals surface area contributed by atoms with Gasteiger partial charge in [0.1, 0.15) is 0 Å². The molecule has 0 aliphatic heterocycles. The summed E-state index contributed by atoms with van der Waals surface area (Å²) < 4.78 is 0. The molecular weight excluding hydrogens is 580 g/mol. The summed E-state index contributed by atoms with van der Waals surface area (Å²) in [4.78, 5) is 20.9. The molecule has 0 bridgehead atoms. The first kappa shape index (κ1) is 45.7. The Hall–Kier alpha value is -1.32. The van der Waals surface area contributed by atoms with Gasteiger partial charge in [0, 0.05) is 12.5 Å². The molecule has 0 saturated heterocycles. The third-order valence-electron chi connectivity index (χ3n) is 10.0. The van der Waals surface area contributed by atoms with Crippen LogP contribution in [0.15, 0.2) is 12.2 Å². The molecule has 0 radical (unpaired) electrons. The molecule has 0 rings (SSSR count). The Morgan fingerprint density at radius 1 is 0.298 bits per heavy atom. The fourth-order valence-electron chi connectivity index (χ4n) is 6.91. The zero-order chi connectivity index (χ0) is 34.1. The molecule has 0 atom stereocenters. The van der Waals surface area contributed by atoms with Gasteiger partial charge in [-0.1, -0.05) is 231 Å². The van der Waals surface area contributed by atoms with Crippen LogP contribution in [0.4, 0.5) is 0 Å². The molecule has 0 unspecified atom stereocenters. The molecule has 4 nitrogen and oxygen atoms in total. The van der Waals surface area contributed by atoms with Gasteiger partial charge < -0.3 is 10.2 Å². The molecule has 278 valence electrons. The van der Waals surface area contributed by atoms with Gasteiger partial charge in [-0.05, 0) is 19.3 Å². The first-order valence-electron chi connectivity index (χ1n) is 21.2. The van der Waals surface area contributed by atoms with Gasteiger partial charge in [-0.2, -0.15) is 0 Å². The second kappa shape index (κ2) is 40.9. The molecule has 4 heteroatoms. The van der Waals surface area contributed by atoms with E-state index in [0.717, 1.165) is 25.7 Å². The maximum atomic E-state index is 10.5. The monoisotopic (exact) mass is 663 g/mol. The van der Waals surface area contributed by atoms with Crippen molar-refractivity contribution in [3.63, 3.8) is 0 Å². The summed E-state index contributed by atoms with van der Waals surface area (Å²) in [7, 11) is 0. The molecule has 0 heterocycles. The molecule has 0 spiro atoms. The van der Waals surface area contributed by atoms with Crippen LogP contribution in [0.5, 0.6) is 0 Å². The van der Waals surface area contributed by atoms with Crippen molar-refractivity contribution in [2.75, 3.05) is 0 Å². The molecule has 0 aromatic carbocycles. The van der Waals surface area contributed by atoms with E-state index in [4.69, 9.17) is 10.2 Å². The minimum Gasteiger partial charge on any atom is -0.481 e. The average Bonchev–Trinajstić information content (AvgIpc) is 3.05. The van der Waals surface area contributed by atoms with E-state index < -0.39 is 11.9 Å². The van der Waals surface area contributed by atoms with E-state index >= 15 is 0 Å². The molecule has 0 aliphatic carbocycles. The Morgan fingerprint density at radius 2 is 0.489 bits per heavy atom. The molecule has 2 N–H and O–H groups in total. The minimum absolute atomic E-state index is 0.341. The van der Waals surface area contributed by atoms with Gasteiger partial charge >= 0.3 is 11.9 Å². The second-order valence-corrected chi connectivity index (χ2v) is 14.8. The largest absolute Gasteiger partial charge is 0.481 e. The number of aliphatic carboxylic acids is 2. The molecule has 0 amide bonds. The summed E-state index contributed by atoms with van der Waals surface area (Å²) in [6.45, 7) is 0. The summed E-state index contributed by atoms with van der Waals surface area (Å²) in [5.74, 6) is -1.48. The van der Waals surface area contributed by atoms with E-state index in [1.807, 2.05) is 0 Å². The fraction of sp³-hybridized carbons (Fsp3) is 0.907. The number of rotatable bonds is 41. The fourth-order valence-corrected chi connectivity index (χ4v) is 6.91. The molecule has 0 fully saturated rings. The summed E-state index contributed by atoms with van der Waals surface area (Å²) in [6, 6.07) is 0. The van der Waals surface area contributed by atoms with Crippen LogP contribution in [0.25, 0.3) is 0 Å². The summed E-state index contributed by atoms with van der Waals surface area (Å²) >= 11 is 0. The second-order valence-electron chi connectivity index (χ2n) is 14.8. The maximum absolute atomic E-state index is 10.5. The number of allylic oxidation sites excluding steroid dienone is 1. The van der Waals surface area contributed by atoms with Crippen LogP contribution in [0, 0.1) is 0 Å². The van der Waals surface area contributed by atoms with E-state index in [0.29, 0.717) is 6.42 Å². The van der Waals surface area contributed by atoms with Crippen molar-refractivity contribution in [3.8, 4) is 0 Å². The number of unbranched alkanes of at least 4 members (excludes halogenated alkanes) is 37. The third kappa shape index (κ3) is 44.7. The van der Waals surface area contributed by atoms with Crippen LogP contribution in [0.2, 0.25) is 0 Å². The quantitative estimate of drug-likeness (QED) is 0.0504. The van der Waals surface area contributed by atoms with Crippen LogP contribution in [0.1, 0.15) is 250 Å². The lowest BCUT2D eigenvalue weighted by Crippen LogP contribution is -1.93. The first-order valence-corrected chi connectivity index (χ1v) is 21.2. The van der Waals surface area contributed by atoms with Crippen LogP contribution in [-0.4, -0.2) is 22.2 Å². The van der Waals surface area contributed by atoms with Crippen LogP contribution >= 0.6 is 0 Å². The normalized spacial score (nSPS) is 11.6. The highest BCUT2D eigenvalue weighted by atomic mass is 16.4. The van der Waals surface area contributed by atoms with Crippen molar-refractivity contribution < 1.29 is 19.8 Å². The van der Waals surface area contributed by atoms with E-state index in [9.17, 15) is 9.59 Å².